The molecule has 1 aromatic rings. The Kier molecular flexibility index (Phi) is 5.52. The molecule has 1 aromatic carbocycles. The minimum Gasteiger partial charge on any atom is -0.481 e. The number of aryl methyl sites for hydroxylation is 1. The van der Waals surface area contributed by atoms with Crippen LogP contribution in [0, 0.1) is 18.8 Å². The lowest BCUT2D eigenvalue weighted by atomic mass is 9.82. The van der Waals surface area contributed by atoms with Crippen molar-refractivity contribution >= 4 is 12.0 Å². The number of carboxylic acids is 1. The van der Waals surface area contributed by atoms with E-state index in [1.165, 1.54) is 11.1 Å². The average molecular weight is 332 g/mol. The maximum absolute atomic E-state index is 12.5. The predicted octanol–water partition coefficient (Wildman–Crippen LogP) is 3.02. The highest BCUT2D eigenvalue weighted by molar-refractivity contribution is 5.76. The Hall–Kier alpha value is -2.04. The van der Waals surface area contributed by atoms with E-state index in [0.29, 0.717) is 19.5 Å². The summed E-state index contributed by atoms with van der Waals surface area (Å²) in [5.41, 5.74) is 2.23. The van der Waals surface area contributed by atoms with Crippen LogP contribution >= 0.6 is 0 Å². The Bertz CT molecular complexity index is 612. The fourth-order valence-electron chi connectivity index (χ4n) is 3.53. The zero-order chi connectivity index (χ0) is 17.9. The smallest absolute Gasteiger partial charge is 0.317 e. The summed E-state index contributed by atoms with van der Waals surface area (Å²) in [6.07, 6.45) is 0.633. The number of carbonyl (C=O) groups is 2. The number of benzene rings is 1. The molecule has 2 N–H and O–H groups in total. The average Bonchev–Trinajstić information content (AvgIpc) is 2.52. The highest BCUT2D eigenvalue weighted by Crippen LogP contribution is 2.26. The SMILES string of the molecule is Cc1ccccc1C(C)(C)CNC(=O)N1CC(C)CC(C(=O)O)C1. The Morgan fingerprint density at radius 3 is 2.58 bits per heavy atom. The molecule has 0 radical (unpaired) electrons. The van der Waals surface area contributed by atoms with E-state index in [2.05, 4.69) is 38.2 Å². The maximum Gasteiger partial charge on any atom is 0.317 e. The fourth-order valence-corrected chi connectivity index (χ4v) is 3.53. The van der Waals surface area contributed by atoms with Gasteiger partial charge >= 0.3 is 12.0 Å². The normalized spacial score (nSPS) is 21.4. The van der Waals surface area contributed by atoms with Crippen LogP contribution in [0.1, 0.15) is 38.3 Å². The second kappa shape index (κ2) is 7.24. The van der Waals surface area contributed by atoms with Crippen LogP contribution in [0.15, 0.2) is 24.3 Å². The van der Waals surface area contributed by atoms with Crippen molar-refractivity contribution in [1.29, 1.82) is 0 Å². The zero-order valence-electron chi connectivity index (χ0n) is 15.0. The Morgan fingerprint density at radius 2 is 1.96 bits per heavy atom. The van der Waals surface area contributed by atoms with Gasteiger partial charge in [-0.05, 0) is 30.4 Å². The van der Waals surface area contributed by atoms with Crippen molar-refractivity contribution in [2.75, 3.05) is 19.6 Å². The van der Waals surface area contributed by atoms with Gasteiger partial charge in [0.25, 0.3) is 0 Å². The van der Waals surface area contributed by atoms with Gasteiger partial charge in [0.05, 0.1) is 5.92 Å². The predicted molar refractivity (Wildman–Crippen MR) is 94.1 cm³/mol. The van der Waals surface area contributed by atoms with Gasteiger partial charge in [0.1, 0.15) is 0 Å². The van der Waals surface area contributed by atoms with Crippen molar-refractivity contribution in [3.05, 3.63) is 35.4 Å². The number of urea groups is 1. The molecule has 24 heavy (non-hydrogen) atoms. The number of likely N-dealkylation sites (tertiary alicyclic amines) is 1. The van der Waals surface area contributed by atoms with Gasteiger partial charge < -0.3 is 15.3 Å². The molecule has 2 atom stereocenters. The number of nitrogens with one attached hydrogen (secondary N) is 1. The number of nitrogens with zero attached hydrogens (tertiary/aromatic N) is 1. The van der Waals surface area contributed by atoms with Crippen LogP contribution in [0.2, 0.25) is 0 Å². The van der Waals surface area contributed by atoms with Crippen LogP contribution < -0.4 is 5.32 Å². The minimum absolute atomic E-state index is 0.172. The van der Waals surface area contributed by atoms with Gasteiger partial charge in [-0.15, -0.1) is 0 Å². The molecule has 132 valence electrons. The first-order valence-electron chi connectivity index (χ1n) is 8.52. The molecule has 0 spiro atoms. The number of hydrogen-bond acceptors (Lipinski definition) is 2. The molecule has 1 aliphatic rings. The largest absolute Gasteiger partial charge is 0.481 e. The summed E-state index contributed by atoms with van der Waals surface area (Å²) in [5.74, 6) is -1.08. The first-order chi connectivity index (χ1) is 11.2. The third kappa shape index (κ3) is 4.28. The molecular weight excluding hydrogens is 304 g/mol. The van der Waals surface area contributed by atoms with Crippen molar-refractivity contribution in [2.45, 2.75) is 39.5 Å². The number of rotatable bonds is 4. The van der Waals surface area contributed by atoms with E-state index in [0.717, 1.165) is 0 Å². The molecule has 0 bridgehead atoms. The molecule has 0 aliphatic carbocycles. The molecule has 2 amide bonds. The van der Waals surface area contributed by atoms with Crippen molar-refractivity contribution in [3.63, 3.8) is 0 Å². The van der Waals surface area contributed by atoms with Crippen LogP contribution in [-0.4, -0.2) is 41.6 Å². The molecule has 1 fully saturated rings. The molecule has 1 aliphatic heterocycles. The van der Waals surface area contributed by atoms with E-state index in [4.69, 9.17) is 0 Å². The second-order valence-corrected chi connectivity index (χ2v) is 7.64. The van der Waals surface area contributed by atoms with E-state index in [1.807, 2.05) is 19.1 Å². The number of aliphatic carboxylic acids is 1. The van der Waals surface area contributed by atoms with Gasteiger partial charge in [-0.1, -0.05) is 45.0 Å². The van der Waals surface area contributed by atoms with E-state index < -0.39 is 11.9 Å². The summed E-state index contributed by atoms with van der Waals surface area (Å²) in [7, 11) is 0. The second-order valence-electron chi connectivity index (χ2n) is 7.64. The number of hydrogen-bond donors (Lipinski definition) is 2. The van der Waals surface area contributed by atoms with Crippen LogP contribution in [0.5, 0.6) is 0 Å². The lowest BCUT2D eigenvalue weighted by Gasteiger charge is -2.36. The van der Waals surface area contributed by atoms with E-state index in [1.54, 1.807) is 4.90 Å². The van der Waals surface area contributed by atoms with Crippen molar-refractivity contribution in [1.82, 2.24) is 10.2 Å². The Morgan fingerprint density at radius 1 is 1.29 bits per heavy atom. The summed E-state index contributed by atoms with van der Waals surface area (Å²) in [6.45, 7) is 9.69. The monoisotopic (exact) mass is 332 g/mol. The molecule has 1 saturated heterocycles. The third-order valence-corrected chi connectivity index (χ3v) is 4.85. The Labute approximate surface area is 144 Å². The first kappa shape index (κ1) is 18.3. The third-order valence-electron chi connectivity index (χ3n) is 4.85. The van der Waals surface area contributed by atoms with Crippen LogP contribution in [-0.2, 0) is 10.2 Å². The van der Waals surface area contributed by atoms with Gasteiger partial charge in [-0.25, -0.2) is 4.79 Å². The highest BCUT2D eigenvalue weighted by atomic mass is 16.4. The molecular formula is C19H28N2O3. The number of carbonyl (C=O) groups excluding carboxylic acids is 1. The van der Waals surface area contributed by atoms with Crippen molar-refractivity contribution in [3.8, 4) is 0 Å². The fraction of sp³-hybridized carbons (Fsp3) is 0.579. The number of carboxylic acid groups (broad SMARTS) is 1. The van der Waals surface area contributed by atoms with Crippen molar-refractivity contribution < 1.29 is 14.7 Å². The van der Waals surface area contributed by atoms with Gasteiger partial charge in [-0.3, -0.25) is 4.79 Å². The molecule has 5 nitrogen and oxygen atoms in total. The molecule has 2 unspecified atom stereocenters. The number of amides is 2. The first-order valence-corrected chi connectivity index (χ1v) is 8.52. The molecule has 0 aromatic heterocycles. The molecule has 5 heteroatoms. The molecule has 2 rings (SSSR count). The molecule has 1 heterocycles. The standard InChI is InChI=1S/C19H28N2O3/c1-13-9-15(17(22)23)11-21(10-13)18(24)20-12-19(3,4)16-8-6-5-7-14(16)2/h5-8,13,15H,9-12H2,1-4H3,(H,20,24)(H,22,23). The van der Waals surface area contributed by atoms with E-state index >= 15 is 0 Å². The molecule has 0 saturated carbocycles. The lowest BCUT2D eigenvalue weighted by molar-refractivity contribution is -0.143. The van der Waals surface area contributed by atoms with E-state index in [-0.39, 0.29) is 23.9 Å². The summed E-state index contributed by atoms with van der Waals surface area (Å²) in [4.78, 5) is 25.4. The Balaban J connectivity index is 1.99. The summed E-state index contributed by atoms with van der Waals surface area (Å²) in [6, 6.07) is 8.01. The number of piperidine rings is 1. The van der Waals surface area contributed by atoms with Gasteiger partial charge in [0.15, 0.2) is 0 Å². The van der Waals surface area contributed by atoms with E-state index in [9.17, 15) is 14.7 Å². The van der Waals surface area contributed by atoms with Crippen molar-refractivity contribution in [2.24, 2.45) is 11.8 Å². The van der Waals surface area contributed by atoms with Gasteiger partial charge in [-0.2, -0.15) is 0 Å². The lowest BCUT2D eigenvalue weighted by Crippen LogP contribution is -2.51. The minimum atomic E-state index is -0.820. The maximum atomic E-state index is 12.5. The topological polar surface area (TPSA) is 69.6 Å². The van der Waals surface area contributed by atoms with Crippen LogP contribution in [0.25, 0.3) is 0 Å². The summed E-state index contributed by atoms with van der Waals surface area (Å²) in [5, 5.41) is 12.2. The summed E-state index contributed by atoms with van der Waals surface area (Å²) < 4.78 is 0. The highest BCUT2D eigenvalue weighted by Gasteiger charge is 2.32. The van der Waals surface area contributed by atoms with Gasteiger partial charge in [0, 0.05) is 25.0 Å². The quantitative estimate of drug-likeness (QED) is 0.890. The zero-order valence-corrected chi connectivity index (χ0v) is 15.0. The van der Waals surface area contributed by atoms with Crippen LogP contribution in [0.4, 0.5) is 4.79 Å². The van der Waals surface area contributed by atoms with Gasteiger partial charge in [0.2, 0.25) is 0 Å². The summed E-state index contributed by atoms with van der Waals surface area (Å²) >= 11 is 0. The van der Waals surface area contributed by atoms with Crippen LogP contribution in [0.3, 0.4) is 0 Å².